The van der Waals surface area contributed by atoms with E-state index in [1.807, 2.05) is 27.7 Å². The Morgan fingerprint density at radius 2 is 0.875 bits per heavy atom. The van der Waals surface area contributed by atoms with Gasteiger partial charge in [0, 0.05) is 0 Å². The predicted octanol–water partition coefficient (Wildman–Crippen LogP) is 3.39. The second kappa shape index (κ2) is 15.9. The van der Waals surface area contributed by atoms with Crippen LogP contribution in [0.15, 0.2) is 12.2 Å². The molecule has 0 aromatic carbocycles. The van der Waals surface area contributed by atoms with Gasteiger partial charge in [0.15, 0.2) is 0 Å². The normalized spacial score (nSPS) is 11.5. The number of hydrogen-bond donors (Lipinski definition) is 0. The third-order valence-electron chi connectivity index (χ3n) is 0.667. The molecule has 8 heavy (non-hydrogen) atoms. The van der Waals surface area contributed by atoms with E-state index in [-0.39, 0.29) is 0 Å². The molecule has 0 spiro atoms. The summed E-state index contributed by atoms with van der Waals surface area (Å²) in [5, 5.41) is 0. The first-order valence-electron chi connectivity index (χ1n) is 3.65. The number of hydrogen-bond acceptors (Lipinski definition) is 0. The molecule has 0 saturated heterocycles. The van der Waals surface area contributed by atoms with E-state index in [0.29, 0.717) is 0 Å². The fourth-order valence-corrected chi connectivity index (χ4v) is 0.167. The predicted molar refractivity (Wildman–Crippen MR) is 41.1 cm³/mol. The summed E-state index contributed by atoms with van der Waals surface area (Å²) in [6.07, 6.45) is 7.00. The van der Waals surface area contributed by atoms with Crippen molar-refractivity contribution in [2.75, 3.05) is 0 Å². The molecule has 0 aromatic heterocycles. The highest BCUT2D eigenvalue weighted by Gasteiger charge is 1.81. The molecule has 50 valence electrons. The van der Waals surface area contributed by atoms with Gasteiger partial charge in [-0.2, -0.15) is 0 Å². The maximum Gasteiger partial charge on any atom is -0.0316 e. The van der Waals surface area contributed by atoms with Gasteiger partial charge < -0.3 is 0 Å². The molecule has 0 aliphatic heterocycles. The van der Waals surface area contributed by atoms with Crippen LogP contribution < -0.4 is 0 Å². The van der Waals surface area contributed by atoms with Gasteiger partial charge in [-0.05, 0) is 12.8 Å². The fraction of sp³-hybridized carbons (Fsp3) is 0.750. The van der Waals surface area contributed by atoms with Gasteiger partial charge in [0.25, 0.3) is 0 Å². The Hall–Kier alpha value is -0.260. The molecule has 1 rings (SSSR count). The van der Waals surface area contributed by atoms with E-state index >= 15 is 0 Å². The van der Waals surface area contributed by atoms with E-state index in [9.17, 15) is 0 Å². The van der Waals surface area contributed by atoms with Gasteiger partial charge in [-0.3, -0.25) is 0 Å². The first-order chi connectivity index (χ1) is 4.00. The molecule has 0 unspecified atom stereocenters. The van der Waals surface area contributed by atoms with Crippen LogP contribution in [-0.2, 0) is 0 Å². The molecule has 0 heteroatoms. The molecule has 0 atom stereocenters. The quantitative estimate of drug-likeness (QED) is 0.423. The van der Waals surface area contributed by atoms with Gasteiger partial charge in [0.05, 0.1) is 0 Å². The summed E-state index contributed by atoms with van der Waals surface area (Å²) in [6, 6.07) is 0. The van der Waals surface area contributed by atoms with Crippen LogP contribution in [0.3, 0.4) is 0 Å². The van der Waals surface area contributed by atoms with Gasteiger partial charge in [0.1, 0.15) is 0 Å². The Morgan fingerprint density at radius 1 is 0.750 bits per heavy atom. The molecule has 0 nitrogen and oxygen atoms in total. The Kier molecular flexibility index (Phi) is 21.2. The van der Waals surface area contributed by atoms with Crippen molar-refractivity contribution >= 4 is 0 Å². The Labute approximate surface area is 53.6 Å². The summed E-state index contributed by atoms with van der Waals surface area (Å²) in [4.78, 5) is 0. The van der Waals surface area contributed by atoms with E-state index in [2.05, 4.69) is 12.2 Å². The van der Waals surface area contributed by atoms with Crippen LogP contribution in [0.2, 0.25) is 0 Å². The number of rotatable bonds is 0. The van der Waals surface area contributed by atoms with Crippen molar-refractivity contribution < 1.29 is 0 Å². The van der Waals surface area contributed by atoms with Gasteiger partial charge in [-0.25, -0.2) is 0 Å². The SMILES string of the molecule is C1=CCC1.CC.CC. The molecular weight excluding hydrogens is 96.1 g/mol. The fourth-order valence-electron chi connectivity index (χ4n) is 0.167. The molecule has 0 amide bonds. The zero-order valence-corrected chi connectivity index (χ0v) is 6.57. The molecule has 0 heterocycles. The van der Waals surface area contributed by atoms with E-state index in [4.69, 9.17) is 0 Å². The summed E-state index contributed by atoms with van der Waals surface area (Å²) in [5.74, 6) is 0. The van der Waals surface area contributed by atoms with Gasteiger partial charge >= 0.3 is 0 Å². The molecule has 0 bridgehead atoms. The lowest BCUT2D eigenvalue weighted by molar-refractivity contribution is 0.962. The summed E-state index contributed by atoms with van der Waals surface area (Å²) >= 11 is 0. The molecular formula is C8H18. The molecule has 0 N–H and O–H groups in total. The Bertz CT molecular complexity index is 29.3. The average molecular weight is 114 g/mol. The smallest absolute Gasteiger partial charge is 0.0316 e. The minimum Gasteiger partial charge on any atom is -0.0882 e. The third kappa shape index (κ3) is 9.22. The minimum atomic E-state index is 1.32. The second-order valence-electron chi connectivity index (χ2n) is 1.05. The summed E-state index contributed by atoms with van der Waals surface area (Å²) < 4.78 is 0. The Balaban J connectivity index is 0. The van der Waals surface area contributed by atoms with Crippen molar-refractivity contribution in [3.05, 3.63) is 12.2 Å². The topological polar surface area (TPSA) is 0 Å². The second-order valence-corrected chi connectivity index (χ2v) is 1.05. The molecule has 0 radical (unpaired) electrons. The summed E-state index contributed by atoms with van der Waals surface area (Å²) in [6.45, 7) is 8.00. The van der Waals surface area contributed by atoms with Crippen molar-refractivity contribution in [1.82, 2.24) is 0 Å². The molecule has 0 saturated carbocycles. The van der Waals surface area contributed by atoms with Crippen LogP contribution in [0.5, 0.6) is 0 Å². The van der Waals surface area contributed by atoms with Crippen LogP contribution in [0, 0.1) is 0 Å². The van der Waals surface area contributed by atoms with Crippen LogP contribution >= 0.6 is 0 Å². The van der Waals surface area contributed by atoms with E-state index in [0.717, 1.165) is 0 Å². The molecule has 0 aromatic rings. The van der Waals surface area contributed by atoms with E-state index in [1.54, 1.807) is 0 Å². The zero-order chi connectivity index (χ0) is 6.83. The molecule has 1 aliphatic carbocycles. The van der Waals surface area contributed by atoms with Crippen molar-refractivity contribution in [3.63, 3.8) is 0 Å². The maximum atomic E-state index is 2.18. The van der Waals surface area contributed by atoms with E-state index in [1.165, 1.54) is 12.8 Å². The van der Waals surface area contributed by atoms with Crippen molar-refractivity contribution in [3.8, 4) is 0 Å². The van der Waals surface area contributed by atoms with Gasteiger partial charge in [-0.15, -0.1) is 0 Å². The van der Waals surface area contributed by atoms with Gasteiger partial charge in [0.2, 0.25) is 0 Å². The van der Waals surface area contributed by atoms with Crippen LogP contribution in [0.4, 0.5) is 0 Å². The minimum absolute atomic E-state index is 1.32. The lowest BCUT2D eigenvalue weighted by Gasteiger charge is -1.92. The highest BCUT2D eigenvalue weighted by atomic mass is 13.9. The first-order valence-corrected chi connectivity index (χ1v) is 3.65. The van der Waals surface area contributed by atoms with Crippen molar-refractivity contribution in [1.29, 1.82) is 0 Å². The lowest BCUT2D eigenvalue weighted by Crippen LogP contribution is -1.71. The largest absolute Gasteiger partial charge is 0.0882 e. The van der Waals surface area contributed by atoms with Gasteiger partial charge in [-0.1, -0.05) is 39.8 Å². The Morgan fingerprint density at radius 3 is 0.875 bits per heavy atom. The van der Waals surface area contributed by atoms with Crippen LogP contribution in [0.1, 0.15) is 40.5 Å². The monoisotopic (exact) mass is 114 g/mol. The average Bonchev–Trinajstić information content (AvgIpc) is 1.72. The van der Waals surface area contributed by atoms with Crippen LogP contribution in [-0.4, -0.2) is 0 Å². The zero-order valence-electron chi connectivity index (χ0n) is 6.57. The maximum absolute atomic E-state index is 2.18. The number of allylic oxidation sites excluding steroid dienone is 2. The first kappa shape index (κ1) is 10.7. The highest BCUT2D eigenvalue weighted by Crippen LogP contribution is 2.01. The molecule has 0 fully saturated rings. The van der Waals surface area contributed by atoms with Crippen molar-refractivity contribution in [2.24, 2.45) is 0 Å². The van der Waals surface area contributed by atoms with Crippen molar-refractivity contribution in [2.45, 2.75) is 40.5 Å². The third-order valence-corrected chi connectivity index (χ3v) is 0.667. The molecule has 1 aliphatic rings. The summed E-state index contributed by atoms with van der Waals surface area (Å²) in [7, 11) is 0. The highest BCUT2D eigenvalue weighted by molar-refractivity contribution is 4.92. The van der Waals surface area contributed by atoms with E-state index < -0.39 is 0 Å². The van der Waals surface area contributed by atoms with Crippen LogP contribution in [0.25, 0.3) is 0 Å². The standard InChI is InChI=1S/C4H6.2C2H6/c1-2-4-3-1;2*1-2/h1-2H,3-4H2;2*1-2H3. The summed E-state index contributed by atoms with van der Waals surface area (Å²) in [5.41, 5.74) is 0. The lowest BCUT2D eigenvalue weighted by atomic mass is 10.1.